The zero-order valence-corrected chi connectivity index (χ0v) is 12.8. The lowest BCUT2D eigenvalue weighted by Crippen LogP contribution is -2.35. The fourth-order valence-corrected chi connectivity index (χ4v) is 3.33. The number of hydrogen-bond donors (Lipinski definition) is 0. The molecule has 2 rings (SSSR count). The Morgan fingerprint density at radius 1 is 1.20 bits per heavy atom. The van der Waals surface area contributed by atoms with Gasteiger partial charge in [0.25, 0.3) is 0 Å². The normalized spacial score (nSPS) is 32.7. The van der Waals surface area contributed by atoms with Crippen LogP contribution in [0.3, 0.4) is 0 Å². The molecule has 0 aliphatic carbocycles. The number of hydrogen-bond acceptors (Lipinski definition) is 4. The summed E-state index contributed by atoms with van der Waals surface area (Å²) in [5, 5.41) is 0. The SMILES string of the molecule is CC(C)C1CC(CC(C)C2CCC(=O)OC2)CC(=O)O1. The van der Waals surface area contributed by atoms with Crippen molar-refractivity contribution in [1.82, 2.24) is 0 Å². The minimum atomic E-state index is -0.0745. The van der Waals surface area contributed by atoms with Crippen LogP contribution < -0.4 is 0 Å². The third kappa shape index (κ3) is 3.97. The first kappa shape index (κ1) is 15.3. The third-order valence-electron chi connectivity index (χ3n) is 4.73. The summed E-state index contributed by atoms with van der Waals surface area (Å²) < 4.78 is 10.6. The predicted molar refractivity (Wildman–Crippen MR) is 74.9 cm³/mol. The molecule has 0 aromatic heterocycles. The van der Waals surface area contributed by atoms with Crippen LogP contribution in [-0.2, 0) is 19.1 Å². The number of ether oxygens (including phenoxy) is 2. The van der Waals surface area contributed by atoms with E-state index in [0.717, 1.165) is 19.3 Å². The molecule has 0 spiro atoms. The summed E-state index contributed by atoms with van der Waals surface area (Å²) in [7, 11) is 0. The monoisotopic (exact) mass is 282 g/mol. The number of cyclic esters (lactones) is 2. The van der Waals surface area contributed by atoms with Crippen molar-refractivity contribution in [3.8, 4) is 0 Å². The fraction of sp³-hybridized carbons (Fsp3) is 0.875. The minimum absolute atomic E-state index is 0.0535. The zero-order valence-electron chi connectivity index (χ0n) is 12.8. The van der Waals surface area contributed by atoms with Gasteiger partial charge in [0, 0.05) is 12.8 Å². The van der Waals surface area contributed by atoms with Crippen LogP contribution >= 0.6 is 0 Å². The maximum atomic E-state index is 11.7. The smallest absolute Gasteiger partial charge is 0.306 e. The van der Waals surface area contributed by atoms with Gasteiger partial charge < -0.3 is 9.47 Å². The van der Waals surface area contributed by atoms with Crippen LogP contribution in [0.25, 0.3) is 0 Å². The molecule has 4 heteroatoms. The maximum absolute atomic E-state index is 11.7. The summed E-state index contributed by atoms with van der Waals surface area (Å²) in [4.78, 5) is 22.8. The second-order valence-electron chi connectivity index (χ2n) is 6.77. The Labute approximate surface area is 121 Å². The average molecular weight is 282 g/mol. The van der Waals surface area contributed by atoms with Gasteiger partial charge in [0.15, 0.2) is 0 Å². The summed E-state index contributed by atoms with van der Waals surface area (Å²) in [5.74, 6) is 1.61. The van der Waals surface area contributed by atoms with E-state index in [4.69, 9.17) is 9.47 Å². The van der Waals surface area contributed by atoms with Crippen LogP contribution in [0.2, 0.25) is 0 Å². The van der Waals surface area contributed by atoms with Crippen LogP contribution in [0.1, 0.15) is 52.9 Å². The molecule has 20 heavy (non-hydrogen) atoms. The predicted octanol–water partition coefficient (Wildman–Crippen LogP) is 2.94. The first-order chi connectivity index (χ1) is 9.45. The number of rotatable bonds is 4. The van der Waals surface area contributed by atoms with Crippen molar-refractivity contribution < 1.29 is 19.1 Å². The Bertz CT molecular complexity index is 353. The molecule has 4 unspecified atom stereocenters. The molecule has 0 amide bonds. The van der Waals surface area contributed by atoms with Gasteiger partial charge in [-0.25, -0.2) is 0 Å². The second-order valence-corrected chi connectivity index (χ2v) is 6.77. The lowest BCUT2D eigenvalue weighted by Gasteiger charge is -2.34. The molecule has 114 valence electrons. The Morgan fingerprint density at radius 3 is 2.55 bits per heavy atom. The first-order valence-corrected chi connectivity index (χ1v) is 7.80. The van der Waals surface area contributed by atoms with Crippen molar-refractivity contribution in [3.63, 3.8) is 0 Å². The van der Waals surface area contributed by atoms with E-state index in [1.165, 1.54) is 0 Å². The highest BCUT2D eigenvalue weighted by Crippen LogP contribution is 2.34. The van der Waals surface area contributed by atoms with Gasteiger partial charge in [-0.15, -0.1) is 0 Å². The highest BCUT2D eigenvalue weighted by Gasteiger charge is 2.33. The van der Waals surface area contributed by atoms with Gasteiger partial charge in [-0.2, -0.15) is 0 Å². The second kappa shape index (κ2) is 6.59. The summed E-state index contributed by atoms with van der Waals surface area (Å²) in [6.45, 7) is 6.97. The minimum Gasteiger partial charge on any atom is -0.465 e. The van der Waals surface area contributed by atoms with E-state index in [1.54, 1.807) is 0 Å². The molecular weight excluding hydrogens is 256 g/mol. The number of esters is 2. The van der Waals surface area contributed by atoms with Crippen molar-refractivity contribution in [2.24, 2.45) is 23.7 Å². The molecule has 2 aliphatic heterocycles. The quantitative estimate of drug-likeness (QED) is 0.744. The van der Waals surface area contributed by atoms with Gasteiger partial charge in [0.1, 0.15) is 6.10 Å². The van der Waals surface area contributed by atoms with Gasteiger partial charge in [0.2, 0.25) is 0 Å². The van der Waals surface area contributed by atoms with Crippen LogP contribution in [-0.4, -0.2) is 24.6 Å². The van der Waals surface area contributed by atoms with Crippen LogP contribution in [0.5, 0.6) is 0 Å². The van der Waals surface area contributed by atoms with E-state index in [2.05, 4.69) is 20.8 Å². The van der Waals surface area contributed by atoms with E-state index in [9.17, 15) is 9.59 Å². The maximum Gasteiger partial charge on any atom is 0.306 e. The standard InChI is InChI=1S/C16H26O4/c1-10(2)14-7-12(8-16(18)20-14)6-11(3)13-4-5-15(17)19-9-13/h10-14H,4-9H2,1-3H3. The van der Waals surface area contributed by atoms with Crippen molar-refractivity contribution >= 4 is 11.9 Å². The van der Waals surface area contributed by atoms with E-state index in [-0.39, 0.29) is 18.0 Å². The van der Waals surface area contributed by atoms with E-state index in [1.807, 2.05) is 0 Å². The van der Waals surface area contributed by atoms with Crippen LogP contribution in [0, 0.1) is 23.7 Å². The van der Waals surface area contributed by atoms with E-state index >= 15 is 0 Å². The molecule has 2 heterocycles. The van der Waals surface area contributed by atoms with Crippen molar-refractivity contribution in [2.45, 2.75) is 59.0 Å². The topological polar surface area (TPSA) is 52.6 Å². The van der Waals surface area contributed by atoms with Gasteiger partial charge in [-0.05, 0) is 42.9 Å². The summed E-state index contributed by atoms with van der Waals surface area (Å²) in [6.07, 6.45) is 4.07. The highest BCUT2D eigenvalue weighted by atomic mass is 16.5. The largest absolute Gasteiger partial charge is 0.465 e. The van der Waals surface area contributed by atoms with E-state index in [0.29, 0.717) is 43.1 Å². The highest BCUT2D eigenvalue weighted by molar-refractivity contribution is 5.70. The fourth-order valence-electron chi connectivity index (χ4n) is 3.33. The lowest BCUT2D eigenvalue weighted by molar-refractivity contribution is -0.160. The van der Waals surface area contributed by atoms with Crippen molar-refractivity contribution in [2.75, 3.05) is 6.61 Å². The molecular formula is C16H26O4. The van der Waals surface area contributed by atoms with Crippen molar-refractivity contribution in [3.05, 3.63) is 0 Å². The number of carbonyl (C=O) groups is 2. The molecule has 4 atom stereocenters. The molecule has 0 aromatic carbocycles. The zero-order chi connectivity index (χ0) is 14.7. The molecule has 0 aromatic rings. The molecule has 2 saturated heterocycles. The molecule has 4 nitrogen and oxygen atoms in total. The molecule has 0 N–H and O–H groups in total. The van der Waals surface area contributed by atoms with Crippen molar-refractivity contribution in [1.29, 1.82) is 0 Å². The summed E-state index contributed by atoms with van der Waals surface area (Å²) in [5.41, 5.74) is 0. The Balaban J connectivity index is 1.85. The summed E-state index contributed by atoms with van der Waals surface area (Å²) >= 11 is 0. The van der Waals surface area contributed by atoms with Crippen LogP contribution in [0.4, 0.5) is 0 Å². The average Bonchev–Trinajstić information content (AvgIpc) is 2.38. The Hall–Kier alpha value is -1.06. The molecule has 2 aliphatic rings. The first-order valence-electron chi connectivity index (χ1n) is 7.80. The molecule has 0 saturated carbocycles. The molecule has 0 radical (unpaired) electrons. The van der Waals surface area contributed by atoms with Gasteiger partial charge in [-0.3, -0.25) is 9.59 Å². The van der Waals surface area contributed by atoms with Gasteiger partial charge in [0.05, 0.1) is 6.61 Å². The number of carbonyl (C=O) groups excluding carboxylic acids is 2. The Morgan fingerprint density at radius 2 is 1.95 bits per heavy atom. The van der Waals surface area contributed by atoms with Gasteiger partial charge in [-0.1, -0.05) is 20.8 Å². The third-order valence-corrected chi connectivity index (χ3v) is 4.73. The molecule has 2 fully saturated rings. The van der Waals surface area contributed by atoms with Gasteiger partial charge >= 0.3 is 11.9 Å². The molecule has 0 bridgehead atoms. The lowest BCUT2D eigenvalue weighted by atomic mass is 9.78. The van der Waals surface area contributed by atoms with E-state index < -0.39 is 0 Å². The van der Waals surface area contributed by atoms with Crippen LogP contribution in [0.15, 0.2) is 0 Å². The summed E-state index contributed by atoms with van der Waals surface area (Å²) in [6, 6.07) is 0. The Kier molecular flexibility index (Phi) is 5.06.